The highest BCUT2D eigenvalue weighted by Crippen LogP contribution is 2.08. The average Bonchev–Trinajstić information content (AvgIpc) is 2.87. The molecule has 2 aromatic rings. The molecule has 1 aromatic heterocycles. The van der Waals surface area contributed by atoms with Gasteiger partial charge in [0.05, 0.1) is 6.20 Å². The van der Waals surface area contributed by atoms with Gasteiger partial charge in [-0.15, -0.1) is 0 Å². The minimum atomic E-state index is -3.48. The molecule has 96 valence electrons. The van der Waals surface area contributed by atoms with Crippen molar-refractivity contribution in [1.82, 2.24) is 14.5 Å². The molecule has 0 fully saturated rings. The molecule has 0 spiro atoms. The van der Waals surface area contributed by atoms with Gasteiger partial charge in [0.1, 0.15) is 4.90 Å². The van der Waals surface area contributed by atoms with E-state index in [0.29, 0.717) is 6.54 Å². The van der Waals surface area contributed by atoms with E-state index in [4.69, 9.17) is 0 Å². The van der Waals surface area contributed by atoms with E-state index in [9.17, 15) is 8.42 Å². The number of benzene rings is 1. The second kappa shape index (κ2) is 5.32. The Morgan fingerprint density at radius 2 is 2.00 bits per heavy atom. The average molecular weight is 265 g/mol. The summed E-state index contributed by atoms with van der Waals surface area (Å²) in [5, 5.41) is 3.95. The normalized spacial score (nSPS) is 11.6. The third kappa shape index (κ3) is 2.96. The zero-order valence-corrected chi connectivity index (χ0v) is 10.9. The van der Waals surface area contributed by atoms with Crippen LogP contribution in [0, 0.1) is 0 Å². The second-order valence-corrected chi connectivity index (χ2v) is 5.61. The molecule has 0 atom stereocenters. The first kappa shape index (κ1) is 12.8. The van der Waals surface area contributed by atoms with E-state index in [1.54, 1.807) is 4.68 Å². The summed E-state index contributed by atoms with van der Waals surface area (Å²) < 4.78 is 28.1. The standard InChI is InChI=1S/C12H15N3O2S/c1-2-15-10-12(9-13-15)18(16,17)14-8-11-6-4-3-5-7-11/h3-7,9-10,14H,2,8H2,1H3. The predicted octanol–water partition coefficient (Wildman–Crippen LogP) is 1.38. The van der Waals surface area contributed by atoms with Crippen LogP contribution in [0.3, 0.4) is 0 Å². The van der Waals surface area contributed by atoms with Crippen LogP contribution in [0.25, 0.3) is 0 Å². The first-order valence-corrected chi connectivity index (χ1v) is 7.16. The van der Waals surface area contributed by atoms with Crippen molar-refractivity contribution in [1.29, 1.82) is 0 Å². The third-order valence-corrected chi connectivity index (χ3v) is 3.91. The van der Waals surface area contributed by atoms with Gasteiger partial charge in [0.2, 0.25) is 10.0 Å². The molecule has 1 heterocycles. The SMILES string of the molecule is CCn1cc(S(=O)(=O)NCc2ccccc2)cn1. The van der Waals surface area contributed by atoms with Gasteiger partial charge in [0.15, 0.2) is 0 Å². The monoisotopic (exact) mass is 265 g/mol. The van der Waals surface area contributed by atoms with Gasteiger partial charge in [0, 0.05) is 19.3 Å². The highest BCUT2D eigenvalue weighted by molar-refractivity contribution is 7.89. The molecule has 1 N–H and O–H groups in total. The molecule has 0 amide bonds. The van der Waals surface area contributed by atoms with Crippen LogP contribution < -0.4 is 4.72 Å². The van der Waals surface area contributed by atoms with Crippen molar-refractivity contribution in [3.05, 3.63) is 48.3 Å². The molecular weight excluding hydrogens is 250 g/mol. The molecule has 0 saturated heterocycles. The van der Waals surface area contributed by atoms with Crippen molar-refractivity contribution >= 4 is 10.0 Å². The molecule has 0 radical (unpaired) electrons. The maximum absolute atomic E-state index is 12.0. The number of aromatic nitrogens is 2. The molecule has 0 aliphatic heterocycles. The number of sulfonamides is 1. The van der Waals surface area contributed by atoms with Crippen LogP contribution in [0.1, 0.15) is 12.5 Å². The van der Waals surface area contributed by atoms with E-state index in [2.05, 4.69) is 9.82 Å². The summed E-state index contributed by atoms with van der Waals surface area (Å²) in [4.78, 5) is 0.195. The number of aryl methyl sites for hydroxylation is 1. The van der Waals surface area contributed by atoms with E-state index >= 15 is 0 Å². The van der Waals surface area contributed by atoms with Crippen LogP contribution in [0.2, 0.25) is 0 Å². The van der Waals surface area contributed by atoms with Crippen molar-refractivity contribution in [3.8, 4) is 0 Å². The van der Waals surface area contributed by atoms with Crippen LogP contribution in [-0.2, 0) is 23.1 Å². The highest BCUT2D eigenvalue weighted by Gasteiger charge is 2.15. The maximum atomic E-state index is 12.0. The molecule has 5 nitrogen and oxygen atoms in total. The smallest absolute Gasteiger partial charge is 0.243 e. The van der Waals surface area contributed by atoms with Crippen molar-refractivity contribution < 1.29 is 8.42 Å². The highest BCUT2D eigenvalue weighted by atomic mass is 32.2. The minimum absolute atomic E-state index is 0.195. The second-order valence-electron chi connectivity index (χ2n) is 3.84. The Morgan fingerprint density at radius 3 is 2.61 bits per heavy atom. The van der Waals surface area contributed by atoms with Crippen molar-refractivity contribution in [3.63, 3.8) is 0 Å². The molecule has 0 bridgehead atoms. The Labute approximate surface area is 107 Å². The van der Waals surface area contributed by atoms with Gasteiger partial charge in [-0.25, -0.2) is 13.1 Å². The Kier molecular flexibility index (Phi) is 3.78. The fourth-order valence-electron chi connectivity index (χ4n) is 1.51. The van der Waals surface area contributed by atoms with Gasteiger partial charge >= 0.3 is 0 Å². The molecule has 0 saturated carbocycles. The Balaban J connectivity index is 2.08. The van der Waals surface area contributed by atoms with Gasteiger partial charge in [-0.1, -0.05) is 30.3 Å². The Hall–Kier alpha value is -1.66. The molecule has 2 rings (SSSR count). The first-order valence-electron chi connectivity index (χ1n) is 5.68. The molecule has 0 unspecified atom stereocenters. The van der Waals surface area contributed by atoms with E-state index in [0.717, 1.165) is 5.56 Å². The summed E-state index contributed by atoms with van der Waals surface area (Å²) >= 11 is 0. The topological polar surface area (TPSA) is 64.0 Å². The lowest BCUT2D eigenvalue weighted by Gasteiger charge is -2.04. The Bertz CT molecular complexity index is 605. The molecular formula is C12H15N3O2S. The molecule has 6 heteroatoms. The van der Waals surface area contributed by atoms with E-state index < -0.39 is 10.0 Å². The number of nitrogens with zero attached hydrogens (tertiary/aromatic N) is 2. The minimum Gasteiger partial charge on any atom is -0.272 e. The van der Waals surface area contributed by atoms with Crippen LogP contribution >= 0.6 is 0 Å². The van der Waals surface area contributed by atoms with Crippen LogP contribution in [-0.4, -0.2) is 18.2 Å². The zero-order valence-electron chi connectivity index (χ0n) is 10.1. The zero-order chi connectivity index (χ0) is 13.0. The van der Waals surface area contributed by atoms with E-state index in [-0.39, 0.29) is 11.4 Å². The largest absolute Gasteiger partial charge is 0.272 e. The van der Waals surface area contributed by atoms with Crippen LogP contribution in [0.4, 0.5) is 0 Å². The molecule has 0 aliphatic rings. The summed E-state index contributed by atoms with van der Waals surface area (Å²) in [5.41, 5.74) is 0.920. The fraction of sp³-hybridized carbons (Fsp3) is 0.250. The van der Waals surface area contributed by atoms with Crippen molar-refractivity contribution in [2.75, 3.05) is 0 Å². The number of hydrogen-bond acceptors (Lipinski definition) is 3. The van der Waals surface area contributed by atoms with Crippen molar-refractivity contribution in [2.24, 2.45) is 0 Å². The van der Waals surface area contributed by atoms with Crippen molar-refractivity contribution in [2.45, 2.75) is 24.9 Å². The summed E-state index contributed by atoms with van der Waals surface area (Å²) in [6.45, 7) is 2.83. The lowest BCUT2D eigenvalue weighted by atomic mass is 10.2. The van der Waals surface area contributed by atoms with Gasteiger partial charge < -0.3 is 0 Å². The quantitative estimate of drug-likeness (QED) is 0.888. The molecule has 18 heavy (non-hydrogen) atoms. The van der Waals surface area contributed by atoms with Crippen LogP contribution in [0.5, 0.6) is 0 Å². The lowest BCUT2D eigenvalue weighted by Crippen LogP contribution is -2.22. The maximum Gasteiger partial charge on any atom is 0.243 e. The van der Waals surface area contributed by atoms with Gasteiger partial charge in [-0.2, -0.15) is 5.10 Å². The molecule has 1 aromatic carbocycles. The van der Waals surface area contributed by atoms with Gasteiger partial charge in [-0.05, 0) is 12.5 Å². The van der Waals surface area contributed by atoms with E-state index in [1.807, 2.05) is 37.3 Å². The third-order valence-electron chi connectivity index (χ3n) is 2.55. The number of hydrogen-bond donors (Lipinski definition) is 1. The number of rotatable bonds is 5. The van der Waals surface area contributed by atoms with Crippen LogP contribution in [0.15, 0.2) is 47.6 Å². The summed E-state index contributed by atoms with van der Waals surface area (Å²) in [7, 11) is -3.48. The Morgan fingerprint density at radius 1 is 1.28 bits per heavy atom. The van der Waals surface area contributed by atoms with E-state index in [1.165, 1.54) is 12.4 Å². The molecule has 0 aliphatic carbocycles. The number of nitrogens with one attached hydrogen (secondary N) is 1. The lowest BCUT2D eigenvalue weighted by molar-refractivity contribution is 0.581. The predicted molar refractivity (Wildman–Crippen MR) is 68.4 cm³/mol. The summed E-state index contributed by atoms with van der Waals surface area (Å²) in [6, 6.07) is 9.39. The van der Waals surface area contributed by atoms with Gasteiger partial charge in [-0.3, -0.25) is 4.68 Å². The van der Waals surface area contributed by atoms with Gasteiger partial charge in [0.25, 0.3) is 0 Å². The summed E-state index contributed by atoms with van der Waals surface area (Å²) in [5.74, 6) is 0. The summed E-state index contributed by atoms with van der Waals surface area (Å²) in [6.07, 6.45) is 2.88. The first-order chi connectivity index (χ1) is 8.62. The fourth-order valence-corrected chi connectivity index (χ4v) is 2.48.